The zero-order chi connectivity index (χ0) is 20.6. The highest BCUT2D eigenvalue weighted by Crippen LogP contribution is 2.32. The molecule has 1 aromatic heterocycles. The number of nitrogens with zero attached hydrogens (tertiary/aromatic N) is 8. The molecule has 4 aliphatic rings. The van der Waals surface area contributed by atoms with Gasteiger partial charge in [-0.15, -0.1) is 11.7 Å². The fraction of sp³-hybridized carbons (Fsp3) is 0.773. The monoisotopic (exact) mass is 412 g/mol. The number of rotatable bonds is 5. The van der Waals surface area contributed by atoms with Crippen LogP contribution in [0.1, 0.15) is 95.3 Å². The second kappa shape index (κ2) is 10.7. The molecular weight excluding hydrogens is 376 g/mol. The maximum atomic E-state index is 4.32. The van der Waals surface area contributed by atoms with Crippen LogP contribution in [0.4, 0.5) is 0 Å². The number of hydrogen-bond donors (Lipinski definition) is 0. The van der Waals surface area contributed by atoms with E-state index in [1.165, 1.54) is 82.9 Å². The van der Waals surface area contributed by atoms with Gasteiger partial charge in [-0.05, 0) is 71.9 Å². The molecule has 2 aliphatic heterocycles. The molecule has 164 valence electrons. The number of fused-ring (bicyclic) bond motifs is 1. The van der Waals surface area contributed by atoms with Gasteiger partial charge in [-0.25, -0.2) is 14.7 Å². The molecule has 2 saturated carbocycles. The van der Waals surface area contributed by atoms with Crippen molar-refractivity contribution in [1.82, 2.24) is 30.2 Å². The highest BCUT2D eigenvalue weighted by Gasteiger charge is 2.31. The van der Waals surface area contributed by atoms with Gasteiger partial charge in [0, 0.05) is 13.0 Å². The van der Waals surface area contributed by atoms with Gasteiger partial charge < -0.3 is 0 Å². The van der Waals surface area contributed by atoms with E-state index >= 15 is 0 Å². The van der Waals surface area contributed by atoms with E-state index < -0.39 is 0 Å². The van der Waals surface area contributed by atoms with E-state index in [-0.39, 0.29) is 0 Å². The molecular formula is C22H36N8. The topological polar surface area (TPSA) is 74.8 Å². The van der Waals surface area contributed by atoms with E-state index in [4.69, 9.17) is 0 Å². The predicted molar refractivity (Wildman–Crippen MR) is 116 cm³/mol. The molecule has 0 bridgehead atoms. The number of tetrazole rings is 1. The van der Waals surface area contributed by atoms with E-state index in [0.29, 0.717) is 12.1 Å². The third-order valence-electron chi connectivity index (χ3n) is 6.62. The minimum Gasteiger partial charge on any atom is -0.228 e. The number of allylic oxidation sites excluding steroid dienone is 2. The summed E-state index contributed by atoms with van der Waals surface area (Å²) >= 11 is 0. The van der Waals surface area contributed by atoms with Gasteiger partial charge >= 0.3 is 0 Å². The van der Waals surface area contributed by atoms with Crippen molar-refractivity contribution in [3.05, 3.63) is 30.4 Å². The molecule has 0 amide bonds. The molecule has 0 unspecified atom stereocenters. The SMILES string of the molecule is C1=C2N(CCC1)N=NN2C1CCCCC1.C=CCCc1nnnn1C1CCCCC1. The van der Waals surface area contributed by atoms with Gasteiger partial charge in [0.1, 0.15) is 5.82 Å². The summed E-state index contributed by atoms with van der Waals surface area (Å²) in [7, 11) is 0. The lowest BCUT2D eigenvalue weighted by Crippen LogP contribution is -2.34. The van der Waals surface area contributed by atoms with Gasteiger partial charge in [0.25, 0.3) is 0 Å². The lowest BCUT2D eigenvalue weighted by molar-refractivity contribution is 0.184. The minimum absolute atomic E-state index is 0.536. The van der Waals surface area contributed by atoms with Crippen molar-refractivity contribution in [2.75, 3.05) is 6.54 Å². The largest absolute Gasteiger partial charge is 0.228 e. The van der Waals surface area contributed by atoms with Crippen LogP contribution in [0.15, 0.2) is 35.0 Å². The van der Waals surface area contributed by atoms with Gasteiger partial charge in [-0.1, -0.05) is 44.6 Å². The van der Waals surface area contributed by atoms with Gasteiger partial charge in [0.15, 0.2) is 5.82 Å². The van der Waals surface area contributed by atoms with Crippen molar-refractivity contribution in [2.24, 2.45) is 10.4 Å². The van der Waals surface area contributed by atoms with Crippen molar-refractivity contribution in [3.8, 4) is 0 Å². The molecule has 0 spiro atoms. The van der Waals surface area contributed by atoms with Crippen LogP contribution in [0, 0.1) is 0 Å². The van der Waals surface area contributed by atoms with Crippen LogP contribution < -0.4 is 0 Å². The smallest absolute Gasteiger partial charge is 0.151 e. The highest BCUT2D eigenvalue weighted by molar-refractivity contribution is 5.05. The molecule has 3 heterocycles. The van der Waals surface area contributed by atoms with Crippen molar-refractivity contribution in [2.45, 2.75) is 102 Å². The van der Waals surface area contributed by atoms with Gasteiger partial charge in [0.2, 0.25) is 0 Å². The van der Waals surface area contributed by atoms with E-state index in [9.17, 15) is 0 Å². The molecule has 1 aromatic rings. The number of aryl methyl sites for hydroxylation is 1. The Hall–Kier alpha value is -2.25. The fourth-order valence-electron chi connectivity index (χ4n) is 4.93. The predicted octanol–water partition coefficient (Wildman–Crippen LogP) is 5.15. The van der Waals surface area contributed by atoms with E-state index in [1.54, 1.807) is 0 Å². The first-order chi connectivity index (χ1) is 14.9. The van der Waals surface area contributed by atoms with Crippen LogP contribution in [-0.2, 0) is 6.42 Å². The van der Waals surface area contributed by atoms with Gasteiger partial charge in [-0.2, -0.15) is 0 Å². The summed E-state index contributed by atoms with van der Waals surface area (Å²) in [5.41, 5.74) is 0. The zero-order valence-corrected chi connectivity index (χ0v) is 18.2. The first kappa shape index (κ1) is 21.0. The zero-order valence-electron chi connectivity index (χ0n) is 18.2. The first-order valence-electron chi connectivity index (χ1n) is 11.9. The highest BCUT2D eigenvalue weighted by atomic mass is 15.8. The summed E-state index contributed by atoms with van der Waals surface area (Å²) in [4.78, 5) is 0. The lowest BCUT2D eigenvalue weighted by Gasteiger charge is -2.31. The van der Waals surface area contributed by atoms with Crippen molar-refractivity contribution in [1.29, 1.82) is 0 Å². The Morgan fingerprint density at radius 1 is 0.933 bits per heavy atom. The molecule has 0 aromatic carbocycles. The minimum atomic E-state index is 0.536. The van der Waals surface area contributed by atoms with Crippen LogP contribution in [0.5, 0.6) is 0 Å². The quantitative estimate of drug-likeness (QED) is 0.625. The Morgan fingerprint density at radius 2 is 1.67 bits per heavy atom. The maximum Gasteiger partial charge on any atom is 0.151 e. The van der Waals surface area contributed by atoms with E-state index in [1.807, 2.05) is 10.8 Å². The average Bonchev–Trinajstić information content (AvgIpc) is 3.46. The molecule has 2 aliphatic carbocycles. The van der Waals surface area contributed by atoms with Crippen molar-refractivity contribution < 1.29 is 0 Å². The van der Waals surface area contributed by atoms with Crippen LogP contribution in [0.2, 0.25) is 0 Å². The molecule has 0 N–H and O–H groups in total. The third-order valence-corrected chi connectivity index (χ3v) is 6.62. The molecule has 0 saturated heterocycles. The molecule has 8 heteroatoms. The Bertz CT molecular complexity index is 727. The maximum absolute atomic E-state index is 4.32. The normalized spacial score (nSPS) is 22.3. The summed E-state index contributed by atoms with van der Waals surface area (Å²) < 4.78 is 2.03. The molecule has 0 atom stereocenters. The standard InChI is InChI=1S/2C11H18N4/c1-2-6-10(7-3-1)15-11-8-4-5-9-14(11)12-13-15;1-2-3-9-11-12-13-14-15(11)10-7-5-4-6-8-10/h8,10H,1-7,9H2;2,10H,1,3-9H2. The fourth-order valence-corrected chi connectivity index (χ4v) is 4.93. The Balaban J connectivity index is 0.000000145. The summed E-state index contributed by atoms with van der Waals surface area (Å²) in [5, 5.41) is 24.7. The second-order valence-electron chi connectivity index (χ2n) is 8.80. The third kappa shape index (κ3) is 5.08. The Kier molecular flexibility index (Phi) is 7.48. The second-order valence-corrected chi connectivity index (χ2v) is 8.80. The van der Waals surface area contributed by atoms with E-state index in [2.05, 4.69) is 48.6 Å². The summed E-state index contributed by atoms with van der Waals surface area (Å²) in [5.74, 6) is 2.26. The van der Waals surface area contributed by atoms with Crippen molar-refractivity contribution >= 4 is 0 Å². The lowest BCUT2D eigenvalue weighted by atomic mass is 9.95. The molecule has 2 fully saturated rings. The molecule has 30 heavy (non-hydrogen) atoms. The van der Waals surface area contributed by atoms with Crippen molar-refractivity contribution in [3.63, 3.8) is 0 Å². The summed E-state index contributed by atoms with van der Waals surface area (Å²) in [6.07, 6.45) is 21.6. The van der Waals surface area contributed by atoms with Crippen LogP contribution in [0.25, 0.3) is 0 Å². The number of aromatic nitrogens is 4. The molecule has 0 radical (unpaired) electrons. The Labute approximate surface area is 180 Å². The first-order valence-corrected chi connectivity index (χ1v) is 11.9. The number of hydrogen-bond acceptors (Lipinski definition) is 7. The van der Waals surface area contributed by atoms with E-state index in [0.717, 1.165) is 25.2 Å². The van der Waals surface area contributed by atoms with Gasteiger partial charge in [-0.3, -0.25) is 0 Å². The molecule has 8 nitrogen and oxygen atoms in total. The Morgan fingerprint density at radius 3 is 2.40 bits per heavy atom. The van der Waals surface area contributed by atoms with Crippen LogP contribution >= 0.6 is 0 Å². The molecule has 5 rings (SSSR count). The summed E-state index contributed by atoms with van der Waals surface area (Å²) in [6, 6.07) is 1.14. The summed E-state index contributed by atoms with van der Waals surface area (Å²) in [6.45, 7) is 4.76. The average molecular weight is 413 g/mol. The van der Waals surface area contributed by atoms with Crippen LogP contribution in [0.3, 0.4) is 0 Å². The van der Waals surface area contributed by atoms with Crippen LogP contribution in [-0.4, -0.2) is 42.8 Å². The van der Waals surface area contributed by atoms with Gasteiger partial charge in [0.05, 0.1) is 12.1 Å².